The van der Waals surface area contributed by atoms with Crippen LogP contribution < -0.4 is 9.47 Å². The molecule has 40 heavy (non-hydrogen) atoms. The van der Waals surface area contributed by atoms with E-state index in [2.05, 4.69) is 73.7 Å². The first kappa shape index (κ1) is 27.2. The van der Waals surface area contributed by atoms with E-state index in [4.69, 9.17) is 14.6 Å². The summed E-state index contributed by atoms with van der Waals surface area (Å²) < 4.78 is 13.8. The summed E-state index contributed by atoms with van der Waals surface area (Å²) in [5, 5.41) is 4.85. The maximum Gasteiger partial charge on any atom is 0.0678 e. The maximum atomic E-state index is 6.09. The number of nitrogens with zero attached hydrogens (tertiary/aromatic N) is 2. The first-order valence-corrected chi connectivity index (χ1v) is 12.7. The fourth-order valence-corrected chi connectivity index (χ4v) is 4.60. The number of benzene rings is 5. The summed E-state index contributed by atoms with van der Waals surface area (Å²) in [6, 6.07) is 47.3. The molecule has 1 aromatic heterocycles. The fraction of sp³-hybridized carbons (Fsp3) is 0.0571. The first-order chi connectivity index (χ1) is 19.1. The zero-order valence-corrected chi connectivity index (χ0v) is 24.3. The van der Waals surface area contributed by atoms with E-state index < -0.39 is 0 Å². The van der Waals surface area contributed by atoms with Crippen molar-refractivity contribution in [3.05, 3.63) is 145 Å². The molecule has 0 spiro atoms. The van der Waals surface area contributed by atoms with Gasteiger partial charge in [0.05, 0.1) is 5.69 Å². The van der Waals surface area contributed by atoms with Gasteiger partial charge < -0.3 is 9.47 Å². The van der Waals surface area contributed by atoms with Gasteiger partial charge in [0.15, 0.2) is 0 Å². The van der Waals surface area contributed by atoms with Gasteiger partial charge in [0, 0.05) is 55.3 Å². The fourth-order valence-electron chi connectivity index (χ4n) is 4.60. The topological polar surface area (TPSA) is 36.3 Å². The molecule has 200 valence electrons. The summed E-state index contributed by atoms with van der Waals surface area (Å²) in [5.41, 5.74) is 7.42. The molecule has 0 N–H and O–H groups in total. The number of aryl methyl sites for hydroxylation is 1. The summed E-state index contributed by atoms with van der Waals surface area (Å²) in [6.07, 6.45) is 0. The number of aromatic nitrogens is 2. The van der Waals surface area contributed by atoms with Gasteiger partial charge >= 0.3 is 0 Å². The molecule has 0 bridgehead atoms. The van der Waals surface area contributed by atoms with Gasteiger partial charge in [-0.2, -0.15) is 35.4 Å². The monoisotopic (exact) mass is 700 g/mol. The minimum Gasteiger partial charge on any atom is -0.509 e. The molecule has 5 heteroatoms. The van der Waals surface area contributed by atoms with Crippen molar-refractivity contribution in [2.45, 2.75) is 13.8 Å². The second kappa shape index (κ2) is 12.2. The third kappa shape index (κ3) is 5.93. The molecule has 5 aromatic carbocycles. The van der Waals surface area contributed by atoms with E-state index in [1.807, 2.05) is 72.3 Å². The second-order valence-electron chi connectivity index (χ2n) is 9.11. The minimum atomic E-state index is 0. The van der Waals surface area contributed by atoms with E-state index in [-0.39, 0.29) is 21.1 Å². The summed E-state index contributed by atoms with van der Waals surface area (Å²) >= 11 is 0. The maximum absolute atomic E-state index is 6.09. The third-order valence-corrected chi connectivity index (χ3v) is 6.42. The Labute approximate surface area is 249 Å². The number of hydrogen-bond donors (Lipinski definition) is 0. The Kier molecular flexibility index (Phi) is 8.28. The summed E-state index contributed by atoms with van der Waals surface area (Å²) in [6.45, 7) is 4.12. The second-order valence-corrected chi connectivity index (χ2v) is 9.11. The summed E-state index contributed by atoms with van der Waals surface area (Å²) in [4.78, 5) is 0. The van der Waals surface area contributed by atoms with Crippen molar-refractivity contribution in [1.29, 1.82) is 0 Å². The first-order valence-electron chi connectivity index (χ1n) is 12.7. The Morgan fingerprint density at radius 3 is 1.85 bits per heavy atom. The van der Waals surface area contributed by atoms with Crippen LogP contribution in [0.25, 0.3) is 27.9 Å². The number of hydrogen-bond acceptors (Lipinski definition) is 3. The zero-order valence-electron chi connectivity index (χ0n) is 22.0. The minimum absolute atomic E-state index is 0. The predicted octanol–water partition coefficient (Wildman–Crippen LogP) is 8.81. The van der Waals surface area contributed by atoms with Crippen LogP contribution in [0, 0.1) is 32.0 Å². The van der Waals surface area contributed by atoms with Gasteiger partial charge in [0.2, 0.25) is 0 Å². The average Bonchev–Trinajstić information content (AvgIpc) is 3.28. The van der Waals surface area contributed by atoms with Crippen molar-refractivity contribution in [3.63, 3.8) is 0 Å². The molecule has 0 radical (unpaired) electrons. The van der Waals surface area contributed by atoms with E-state index in [0.29, 0.717) is 23.0 Å². The summed E-state index contributed by atoms with van der Waals surface area (Å²) in [7, 11) is 0. The van der Waals surface area contributed by atoms with E-state index in [9.17, 15) is 0 Å². The van der Waals surface area contributed by atoms with Crippen LogP contribution in [0.4, 0.5) is 0 Å². The van der Waals surface area contributed by atoms with Gasteiger partial charge in [0.25, 0.3) is 0 Å². The number of ether oxygens (including phenoxy) is 2. The van der Waals surface area contributed by atoms with Crippen LogP contribution in [0.3, 0.4) is 0 Å². The Hall–Kier alpha value is -4.40. The number of rotatable bonds is 7. The Bertz CT molecular complexity index is 1710. The van der Waals surface area contributed by atoms with Gasteiger partial charge in [-0.05, 0) is 36.2 Å². The van der Waals surface area contributed by atoms with Crippen molar-refractivity contribution in [3.8, 4) is 50.9 Å². The molecule has 0 atom stereocenters. The van der Waals surface area contributed by atoms with Crippen LogP contribution in [-0.2, 0) is 21.1 Å². The molecule has 0 amide bonds. The van der Waals surface area contributed by atoms with Gasteiger partial charge in [-0.1, -0.05) is 60.7 Å². The third-order valence-electron chi connectivity index (χ3n) is 6.42. The average molecular weight is 701 g/mol. The molecule has 1 heterocycles. The van der Waals surface area contributed by atoms with Gasteiger partial charge in [0.1, 0.15) is 0 Å². The summed E-state index contributed by atoms with van der Waals surface area (Å²) in [5.74, 6) is 2.26. The Balaban J connectivity index is 0.00000323. The normalized spacial score (nSPS) is 10.6. The molecule has 6 aromatic rings. The van der Waals surface area contributed by atoms with Gasteiger partial charge in [-0.15, -0.1) is 42.5 Å². The largest absolute Gasteiger partial charge is 0.509 e. The van der Waals surface area contributed by atoms with Crippen LogP contribution in [0.2, 0.25) is 0 Å². The SMILES string of the molecule is Cc1nn(-c2[c-]c(Oc3[c-]c(Oc4[c-]cccc4)ccc3)ccc2)c(C)c1-c1ccc(-c2ccccc2)cc1.[Pt]. The molecule has 0 saturated heterocycles. The van der Waals surface area contributed by atoms with Crippen molar-refractivity contribution < 1.29 is 30.5 Å². The smallest absolute Gasteiger partial charge is 0.0678 e. The van der Waals surface area contributed by atoms with Crippen LogP contribution >= 0.6 is 0 Å². The molecule has 0 aliphatic heterocycles. The Morgan fingerprint density at radius 2 is 1.15 bits per heavy atom. The van der Waals surface area contributed by atoms with Crippen molar-refractivity contribution in [2.24, 2.45) is 0 Å². The van der Waals surface area contributed by atoms with Crippen molar-refractivity contribution in [2.75, 3.05) is 0 Å². The van der Waals surface area contributed by atoms with Crippen molar-refractivity contribution in [1.82, 2.24) is 9.78 Å². The quantitative estimate of drug-likeness (QED) is 0.156. The van der Waals surface area contributed by atoms with Crippen LogP contribution in [0.15, 0.2) is 115 Å². The van der Waals surface area contributed by atoms with Crippen LogP contribution in [0.5, 0.6) is 23.0 Å². The standard InChI is InChI=1S/C35H25N2O2.Pt/c1-25-35(29-21-19-28(20-22-29)27-11-5-3-6-12-27)26(2)37(36-25)30-13-9-16-32(23-30)39-34-18-10-17-33(24-34)38-31-14-7-4-8-15-31;/h3-14,16-22H,1-2H3;/q-3;. The molecular formula is C35H25N2O2Pt-3. The van der Waals surface area contributed by atoms with E-state index in [1.165, 1.54) is 11.1 Å². The number of para-hydroxylation sites is 1. The zero-order chi connectivity index (χ0) is 26.6. The van der Waals surface area contributed by atoms with Crippen LogP contribution in [0.1, 0.15) is 11.4 Å². The molecule has 4 nitrogen and oxygen atoms in total. The molecule has 0 aliphatic rings. The van der Waals surface area contributed by atoms with Crippen molar-refractivity contribution >= 4 is 0 Å². The molecule has 6 rings (SSSR count). The molecule has 0 aliphatic carbocycles. The molecule has 0 fully saturated rings. The molecule has 0 unspecified atom stereocenters. The van der Waals surface area contributed by atoms with Gasteiger partial charge in [-0.25, -0.2) is 0 Å². The van der Waals surface area contributed by atoms with Crippen LogP contribution in [-0.4, -0.2) is 9.78 Å². The van der Waals surface area contributed by atoms with E-state index >= 15 is 0 Å². The van der Waals surface area contributed by atoms with Gasteiger partial charge in [-0.3, -0.25) is 4.68 Å². The Morgan fingerprint density at radius 1 is 0.575 bits per heavy atom. The predicted molar refractivity (Wildman–Crippen MR) is 153 cm³/mol. The molecule has 0 saturated carbocycles. The molecular weight excluding hydrogens is 675 g/mol. The van der Waals surface area contributed by atoms with E-state index in [0.717, 1.165) is 28.2 Å². The van der Waals surface area contributed by atoms with E-state index in [1.54, 1.807) is 6.07 Å².